The van der Waals surface area contributed by atoms with Crippen LogP contribution in [0.4, 0.5) is 17.1 Å². The van der Waals surface area contributed by atoms with Gasteiger partial charge < -0.3 is 38.8 Å². The van der Waals surface area contributed by atoms with Crippen molar-refractivity contribution >= 4 is 46.8 Å². The summed E-state index contributed by atoms with van der Waals surface area (Å²) < 4.78 is 27.8. The van der Waals surface area contributed by atoms with Gasteiger partial charge in [0.05, 0.1) is 24.0 Å². The molecule has 13 heteroatoms. The van der Waals surface area contributed by atoms with Crippen LogP contribution in [-0.4, -0.2) is 85.5 Å². The Bertz CT molecular complexity index is 1500. The van der Waals surface area contributed by atoms with E-state index < -0.39 is 78.4 Å². The number of methoxy groups -OCH3 is 1. The van der Waals surface area contributed by atoms with Crippen LogP contribution in [0, 0.1) is 0 Å². The zero-order valence-electron chi connectivity index (χ0n) is 32.3. The second-order valence-corrected chi connectivity index (χ2v) is 15.9. The Morgan fingerprint density at radius 3 is 1.29 bits per heavy atom. The van der Waals surface area contributed by atoms with Crippen molar-refractivity contribution < 1.29 is 47.7 Å². The lowest BCUT2D eigenvalue weighted by atomic mass is 10.1. The van der Waals surface area contributed by atoms with Crippen LogP contribution in [0.25, 0.3) is 0 Å². The van der Waals surface area contributed by atoms with Gasteiger partial charge in [0.2, 0.25) is 0 Å². The average molecular weight is 714 g/mol. The van der Waals surface area contributed by atoms with E-state index in [0.717, 1.165) is 0 Å². The smallest absolute Gasteiger partial charge is 0.326 e. The van der Waals surface area contributed by atoms with E-state index in [-0.39, 0.29) is 22.6 Å². The van der Waals surface area contributed by atoms with Gasteiger partial charge in [-0.25, -0.2) is 0 Å². The number of hydrogen-bond donors (Lipinski definition) is 1. The van der Waals surface area contributed by atoms with Gasteiger partial charge in [-0.2, -0.15) is 0 Å². The minimum Gasteiger partial charge on any atom is -0.496 e. The summed E-state index contributed by atoms with van der Waals surface area (Å²) in [4.78, 5) is 69.4. The maximum atomic E-state index is 13.4. The molecule has 282 valence electrons. The van der Waals surface area contributed by atoms with Crippen molar-refractivity contribution in [3.63, 3.8) is 0 Å². The number of amides is 1. The van der Waals surface area contributed by atoms with Gasteiger partial charge in [0.1, 0.15) is 54.3 Å². The van der Waals surface area contributed by atoms with Gasteiger partial charge in [-0.05, 0) is 113 Å². The zero-order valence-corrected chi connectivity index (χ0v) is 32.3. The summed E-state index contributed by atoms with van der Waals surface area (Å²) in [6, 6.07) is 11.4. The van der Waals surface area contributed by atoms with E-state index in [0.29, 0.717) is 5.75 Å². The summed E-state index contributed by atoms with van der Waals surface area (Å²) in [6.45, 7) is 18.9. The third-order valence-electron chi connectivity index (χ3n) is 6.23. The lowest BCUT2D eigenvalue weighted by Crippen LogP contribution is -2.43. The summed E-state index contributed by atoms with van der Waals surface area (Å²) in [5.74, 6) is -2.74. The Morgan fingerprint density at radius 2 is 0.922 bits per heavy atom. The minimum atomic E-state index is -0.846. The highest BCUT2D eigenvalue weighted by molar-refractivity contribution is 6.06. The molecule has 51 heavy (non-hydrogen) atoms. The molecule has 0 aromatic heterocycles. The summed E-state index contributed by atoms with van der Waals surface area (Å²) in [6.07, 6.45) is 0. The fraction of sp³-hybridized carbons (Fsp3) is 0.553. The number of hydrogen-bond acceptors (Lipinski definition) is 12. The molecule has 0 heterocycles. The summed E-state index contributed by atoms with van der Waals surface area (Å²) in [7, 11) is 1.45. The zero-order chi connectivity index (χ0) is 38.9. The molecule has 0 saturated heterocycles. The lowest BCUT2D eigenvalue weighted by molar-refractivity contribution is -0.156. The highest BCUT2D eigenvalue weighted by atomic mass is 16.6. The Labute approximate surface area is 301 Å². The van der Waals surface area contributed by atoms with Gasteiger partial charge in [-0.15, -0.1) is 0 Å². The van der Waals surface area contributed by atoms with Crippen LogP contribution in [0.15, 0.2) is 42.5 Å². The molecular formula is C38H55N3O10. The van der Waals surface area contributed by atoms with Crippen molar-refractivity contribution in [1.82, 2.24) is 0 Å². The number of carbonyl (C=O) groups is 5. The normalized spacial score (nSPS) is 11.9. The molecule has 2 aromatic rings. The fourth-order valence-electron chi connectivity index (χ4n) is 4.72. The Morgan fingerprint density at radius 1 is 0.549 bits per heavy atom. The van der Waals surface area contributed by atoms with Crippen LogP contribution < -0.4 is 19.9 Å². The van der Waals surface area contributed by atoms with Crippen LogP contribution in [0.5, 0.6) is 5.75 Å². The molecule has 2 rings (SSSR count). The number of para-hydroxylation sites is 1. The third kappa shape index (κ3) is 15.7. The minimum absolute atomic E-state index is 0.205. The van der Waals surface area contributed by atoms with Crippen molar-refractivity contribution in [3.8, 4) is 5.75 Å². The predicted octanol–water partition coefficient (Wildman–Crippen LogP) is 5.93. The molecule has 1 N–H and O–H groups in total. The molecule has 2 aromatic carbocycles. The molecule has 0 bridgehead atoms. The first-order chi connectivity index (χ1) is 23.2. The van der Waals surface area contributed by atoms with Crippen molar-refractivity contribution in [2.24, 2.45) is 0 Å². The molecule has 0 aliphatic rings. The Hall–Kier alpha value is -4.81. The maximum Gasteiger partial charge on any atom is 0.326 e. The molecule has 0 aliphatic heterocycles. The third-order valence-corrected chi connectivity index (χ3v) is 6.23. The molecule has 0 fully saturated rings. The first kappa shape index (κ1) is 42.4. The van der Waals surface area contributed by atoms with Gasteiger partial charge in [0.25, 0.3) is 5.91 Å². The van der Waals surface area contributed by atoms with Crippen LogP contribution in [0.3, 0.4) is 0 Å². The number of anilines is 3. The molecule has 0 atom stereocenters. The summed E-state index contributed by atoms with van der Waals surface area (Å²) in [5.41, 5.74) is -2.35. The number of esters is 4. The van der Waals surface area contributed by atoms with Crippen molar-refractivity contribution in [1.29, 1.82) is 0 Å². The van der Waals surface area contributed by atoms with Gasteiger partial charge >= 0.3 is 23.9 Å². The lowest BCUT2D eigenvalue weighted by Gasteiger charge is -2.33. The van der Waals surface area contributed by atoms with Crippen LogP contribution in [0.2, 0.25) is 0 Å². The maximum absolute atomic E-state index is 13.4. The van der Waals surface area contributed by atoms with Gasteiger partial charge in [0, 0.05) is 5.69 Å². The SMILES string of the molecule is COc1ccccc1C(=O)Nc1ccc(N(CC(=O)OC(C)(C)C)CC(=O)OC(C)(C)C)c(N(CC(=O)OC(C)(C)C)CC(=O)OC(C)(C)C)c1. The highest BCUT2D eigenvalue weighted by Crippen LogP contribution is 2.34. The molecule has 0 unspecified atom stereocenters. The molecule has 1 amide bonds. The monoisotopic (exact) mass is 713 g/mol. The van der Waals surface area contributed by atoms with Gasteiger partial charge in [-0.3, -0.25) is 24.0 Å². The molecule has 0 saturated carbocycles. The van der Waals surface area contributed by atoms with E-state index in [1.807, 2.05) is 0 Å². The van der Waals surface area contributed by atoms with E-state index in [1.165, 1.54) is 23.0 Å². The first-order valence-corrected chi connectivity index (χ1v) is 16.7. The van der Waals surface area contributed by atoms with Crippen LogP contribution >= 0.6 is 0 Å². The molecule has 0 aliphatic carbocycles. The quantitative estimate of drug-likeness (QED) is 0.194. The second-order valence-electron chi connectivity index (χ2n) is 15.9. The summed E-state index contributed by atoms with van der Waals surface area (Å²) >= 11 is 0. The van der Waals surface area contributed by atoms with Gasteiger partial charge in [-0.1, -0.05) is 12.1 Å². The topological polar surface area (TPSA) is 150 Å². The largest absolute Gasteiger partial charge is 0.496 e. The van der Waals surface area contributed by atoms with Crippen molar-refractivity contribution in [2.45, 2.75) is 105 Å². The van der Waals surface area contributed by atoms with Crippen LogP contribution in [-0.2, 0) is 38.1 Å². The van der Waals surface area contributed by atoms with Crippen LogP contribution in [0.1, 0.15) is 93.4 Å². The second kappa shape index (κ2) is 16.9. The number of benzene rings is 2. The molecule has 13 nitrogen and oxygen atoms in total. The molecule has 0 spiro atoms. The number of ether oxygens (including phenoxy) is 5. The molecule has 0 radical (unpaired) electrons. The predicted molar refractivity (Wildman–Crippen MR) is 195 cm³/mol. The number of carbonyl (C=O) groups excluding carboxylic acids is 5. The Kier molecular flexibility index (Phi) is 14.1. The fourth-order valence-corrected chi connectivity index (χ4v) is 4.72. The van der Waals surface area contributed by atoms with E-state index in [2.05, 4.69) is 5.32 Å². The van der Waals surface area contributed by atoms with Gasteiger partial charge in [0.15, 0.2) is 0 Å². The van der Waals surface area contributed by atoms with E-state index in [1.54, 1.807) is 119 Å². The number of nitrogens with one attached hydrogen (secondary N) is 1. The van der Waals surface area contributed by atoms with Crippen molar-refractivity contribution in [2.75, 3.05) is 48.4 Å². The first-order valence-electron chi connectivity index (χ1n) is 16.7. The van der Waals surface area contributed by atoms with E-state index in [9.17, 15) is 24.0 Å². The van der Waals surface area contributed by atoms with E-state index in [4.69, 9.17) is 23.7 Å². The molecular weight excluding hydrogens is 658 g/mol. The number of nitrogens with zero attached hydrogens (tertiary/aromatic N) is 2. The van der Waals surface area contributed by atoms with Crippen molar-refractivity contribution in [3.05, 3.63) is 48.0 Å². The number of rotatable bonds is 13. The standard InChI is InChI=1S/C38H55N3O10/c1-35(2,3)48-30(42)21-40(22-31(43)49-36(4,5)6)27-19-18-25(39-34(46)26-16-14-15-17-29(26)47-13)20-28(27)41(23-32(44)50-37(7,8)9)24-33(45)51-38(10,11)12/h14-20H,21-24H2,1-13H3,(H,39,46). The summed E-state index contributed by atoms with van der Waals surface area (Å²) in [5, 5.41) is 2.84. The Balaban J connectivity index is 2.81. The van der Waals surface area contributed by atoms with E-state index >= 15 is 0 Å². The highest BCUT2D eigenvalue weighted by Gasteiger charge is 2.30. The average Bonchev–Trinajstić information content (AvgIpc) is 2.92.